The van der Waals surface area contributed by atoms with Crippen LogP contribution in [0.3, 0.4) is 0 Å². The number of carbonyl (C=O) groups excluding carboxylic acids is 1. The van der Waals surface area contributed by atoms with E-state index in [1.54, 1.807) is 11.1 Å². The Kier molecular flexibility index (Phi) is 3.73. The molecule has 0 bridgehead atoms. The molecule has 0 spiro atoms. The van der Waals surface area contributed by atoms with Crippen molar-refractivity contribution in [3.8, 4) is 0 Å². The zero-order valence-corrected chi connectivity index (χ0v) is 11.6. The topological polar surface area (TPSA) is 55.6 Å². The van der Waals surface area contributed by atoms with E-state index in [1.807, 2.05) is 30.3 Å². The van der Waals surface area contributed by atoms with Crippen LogP contribution in [0.2, 0.25) is 0 Å². The van der Waals surface area contributed by atoms with Crippen LogP contribution in [-0.2, 0) is 11.3 Å². The van der Waals surface area contributed by atoms with Crippen molar-refractivity contribution in [1.82, 2.24) is 9.88 Å². The minimum atomic E-state index is -0.374. The molecule has 1 aliphatic rings. The summed E-state index contributed by atoms with van der Waals surface area (Å²) in [6, 6.07) is 9.36. The van der Waals surface area contributed by atoms with Crippen LogP contribution in [0.5, 0.6) is 0 Å². The standard InChI is InChI=1S/C16H16N2O3/c1-12-9-14(15-17-7-8-20-15)18(10-12)16(19)21-11-13-5-3-2-4-6-13/h2-8,14H,1,9-11H2/t14-/m0/s1. The highest BCUT2D eigenvalue weighted by molar-refractivity contribution is 5.69. The van der Waals surface area contributed by atoms with Gasteiger partial charge in [-0.25, -0.2) is 9.78 Å². The number of hydrogen-bond donors (Lipinski definition) is 0. The third-order valence-electron chi connectivity index (χ3n) is 3.43. The van der Waals surface area contributed by atoms with Gasteiger partial charge in [0.1, 0.15) is 18.9 Å². The van der Waals surface area contributed by atoms with Gasteiger partial charge in [-0.15, -0.1) is 0 Å². The van der Waals surface area contributed by atoms with Crippen LogP contribution < -0.4 is 0 Å². The van der Waals surface area contributed by atoms with Crippen LogP contribution in [0.25, 0.3) is 0 Å². The van der Waals surface area contributed by atoms with Crippen molar-refractivity contribution in [2.75, 3.05) is 6.54 Å². The number of benzene rings is 1. The lowest BCUT2D eigenvalue weighted by atomic mass is 10.2. The van der Waals surface area contributed by atoms with E-state index in [-0.39, 0.29) is 18.7 Å². The fourth-order valence-electron chi connectivity index (χ4n) is 2.41. The van der Waals surface area contributed by atoms with Crippen LogP contribution in [0, 0.1) is 0 Å². The fourth-order valence-corrected chi connectivity index (χ4v) is 2.41. The van der Waals surface area contributed by atoms with Gasteiger partial charge in [0, 0.05) is 6.54 Å². The van der Waals surface area contributed by atoms with Crippen LogP contribution in [0.1, 0.15) is 23.9 Å². The minimum absolute atomic E-state index is 0.226. The normalized spacial score (nSPS) is 18.0. The Balaban J connectivity index is 1.67. The molecule has 2 heterocycles. The Morgan fingerprint density at radius 3 is 2.95 bits per heavy atom. The second-order valence-corrected chi connectivity index (χ2v) is 5.01. The van der Waals surface area contributed by atoms with Gasteiger partial charge < -0.3 is 9.15 Å². The van der Waals surface area contributed by atoms with Gasteiger partial charge in [-0.05, 0) is 12.0 Å². The molecule has 1 aromatic heterocycles. The number of hydrogen-bond acceptors (Lipinski definition) is 4. The maximum Gasteiger partial charge on any atom is 0.411 e. The van der Waals surface area contributed by atoms with Gasteiger partial charge in [-0.2, -0.15) is 0 Å². The van der Waals surface area contributed by atoms with E-state index in [4.69, 9.17) is 9.15 Å². The molecule has 1 aromatic carbocycles. The number of likely N-dealkylation sites (tertiary alicyclic amines) is 1. The van der Waals surface area contributed by atoms with E-state index < -0.39 is 0 Å². The molecule has 0 saturated carbocycles. The molecular formula is C16H16N2O3. The van der Waals surface area contributed by atoms with E-state index in [2.05, 4.69) is 11.6 Å². The van der Waals surface area contributed by atoms with Crippen LogP contribution in [0.15, 0.2) is 59.4 Å². The molecule has 0 radical (unpaired) electrons. The summed E-state index contributed by atoms with van der Waals surface area (Å²) in [6.07, 6.45) is 3.36. The predicted octanol–water partition coefficient (Wildman–Crippen LogP) is 3.31. The summed E-state index contributed by atoms with van der Waals surface area (Å²) in [6.45, 7) is 4.67. The van der Waals surface area contributed by atoms with Crippen LogP contribution in [-0.4, -0.2) is 22.5 Å². The average Bonchev–Trinajstić information content (AvgIpc) is 3.14. The van der Waals surface area contributed by atoms with Crippen molar-refractivity contribution in [2.45, 2.75) is 19.1 Å². The zero-order chi connectivity index (χ0) is 14.7. The maximum absolute atomic E-state index is 12.3. The summed E-state index contributed by atoms with van der Waals surface area (Å²) in [5, 5.41) is 0. The number of nitrogens with zero attached hydrogens (tertiary/aromatic N) is 2. The SMILES string of the molecule is C=C1C[C@@H](c2ncco2)N(C(=O)OCc2ccccc2)C1. The number of amides is 1. The van der Waals surface area contributed by atoms with Crippen molar-refractivity contribution in [3.05, 3.63) is 66.4 Å². The molecule has 1 fully saturated rings. The first-order chi connectivity index (χ1) is 10.2. The summed E-state index contributed by atoms with van der Waals surface area (Å²) in [5.41, 5.74) is 1.92. The molecular weight excluding hydrogens is 268 g/mol. The summed E-state index contributed by atoms with van der Waals surface area (Å²) >= 11 is 0. The highest BCUT2D eigenvalue weighted by Crippen LogP contribution is 2.33. The van der Waals surface area contributed by atoms with Gasteiger partial charge in [0.2, 0.25) is 5.89 Å². The minimum Gasteiger partial charge on any atom is -0.447 e. The number of oxazole rings is 1. The molecule has 108 valence electrons. The van der Waals surface area contributed by atoms with Gasteiger partial charge in [0.25, 0.3) is 0 Å². The summed E-state index contributed by atoms with van der Waals surface area (Å²) in [7, 11) is 0. The first kappa shape index (κ1) is 13.4. The molecule has 0 N–H and O–H groups in total. The lowest BCUT2D eigenvalue weighted by Crippen LogP contribution is -2.31. The maximum atomic E-state index is 12.3. The molecule has 3 rings (SSSR count). The number of aromatic nitrogens is 1. The van der Waals surface area contributed by atoms with Crippen molar-refractivity contribution >= 4 is 6.09 Å². The highest BCUT2D eigenvalue weighted by atomic mass is 16.6. The van der Waals surface area contributed by atoms with Gasteiger partial charge >= 0.3 is 6.09 Å². The third-order valence-corrected chi connectivity index (χ3v) is 3.43. The Morgan fingerprint density at radius 2 is 2.24 bits per heavy atom. The van der Waals surface area contributed by atoms with Gasteiger partial charge in [0.05, 0.1) is 6.20 Å². The molecule has 2 aromatic rings. The third kappa shape index (κ3) is 2.97. The molecule has 1 aliphatic heterocycles. The summed E-state index contributed by atoms with van der Waals surface area (Å²) in [5.74, 6) is 0.519. The van der Waals surface area contributed by atoms with Gasteiger partial charge in [0.15, 0.2) is 0 Å². The molecule has 1 saturated heterocycles. The molecule has 0 aliphatic carbocycles. The predicted molar refractivity (Wildman–Crippen MR) is 76.3 cm³/mol. The smallest absolute Gasteiger partial charge is 0.411 e. The lowest BCUT2D eigenvalue weighted by molar-refractivity contribution is 0.0882. The quantitative estimate of drug-likeness (QED) is 0.811. The largest absolute Gasteiger partial charge is 0.447 e. The lowest BCUT2D eigenvalue weighted by Gasteiger charge is -2.21. The van der Waals surface area contributed by atoms with Crippen molar-refractivity contribution in [2.24, 2.45) is 0 Å². The van der Waals surface area contributed by atoms with Crippen LogP contribution in [0.4, 0.5) is 4.79 Å². The van der Waals surface area contributed by atoms with E-state index in [0.717, 1.165) is 11.1 Å². The molecule has 5 nitrogen and oxygen atoms in total. The Bertz CT molecular complexity index is 622. The van der Waals surface area contributed by atoms with E-state index in [1.165, 1.54) is 6.26 Å². The Labute approximate surface area is 122 Å². The summed E-state index contributed by atoms with van der Waals surface area (Å²) < 4.78 is 10.7. The number of carbonyl (C=O) groups is 1. The second kappa shape index (κ2) is 5.83. The Morgan fingerprint density at radius 1 is 1.43 bits per heavy atom. The first-order valence-corrected chi connectivity index (χ1v) is 6.77. The first-order valence-electron chi connectivity index (χ1n) is 6.77. The van der Waals surface area contributed by atoms with E-state index in [0.29, 0.717) is 18.9 Å². The van der Waals surface area contributed by atoms with Crippen molar-refractivity contribution < 1.29 is 13.9 Å². The second-order valence-electron chi connectivity index (χ2n) is 5.01. The van der Waals surface area contributed by atoms with Gasteiger partial charge in [-0.3, -0.25) is 4.90 Å². The van der Waals surface area contributed by atoms with E-state index >= 15 is 0 Å². The highest BCUT2D eigenvalue weighted by Gasteiger charge is 2.35. The fraction of sp³-hybridized carbons (Fsp3) is 0.250. The van der Waals surface area contributed by atoms with Crippen molar-refractivity contribution in [3.63, 3.8) is 0 Å². The Hall–Kier alpha value is -2.56. The van der Waals surface area contributed by atoms with Crippen LogP contribution >= 0.6 is 0 Å². The van der Waals surface area contributed by atoms with E-state index in [9.17, 15) is 4.79 Å². The average molecular weight is 284 g/mol. The number of ether oxygens (including phenoxy) is 1. The van der Waals surface area contributed by atoms with Crippen molar-refractivity contribution in [1.29, 1.82) is 0 Å². The molecule has 1 atom stereocenters. The number of rotatable bonds is 3. The monoisotopic (exact) mass is 284 g/mol. The zero-order valence-electron chi connectivity index (χ0n) is 11.6. The molecule has 1 amide bonds. The summed E-state index contributed by atoms with van der Waals surface area (Å²) in [4.78, 5) is 18.0. The van der Waals surface area contributed by atoms with Gasteiger partial charge in [-0.1, -0.05) is 42.5 Å². The molecule has 0 unspecified atom stereocenters. The molecule has 21 heavy (non-hydrogen) atoms. The molecule has 5 heteroatoms.